The number of carbonyl (C=O) groups is 2. The highest BCUT2D eigenvalue weighted by Gasteiger charge is 2.27. The molecule has 1 aromatic rings. The maximum Gasteiger partial charge on any atom is 0.274 e. The van der Waals surface area contributed by atoms with Crippen molar-refractivity contribution in [3.8, 4) is 0 Å². The van der Waals surface area contributed by atoms with E-state index in [1.165, 1.54) is 9.80 Å². The number of carbonyl (C=O) groups excluding carboxylic acids is 2. The van der Waals surface area contributed by atoms with Crippen molar-refractivity contribution in [1.29, 1.82) is 0 Å². The molecule has 0 saturated carbocycles. The van der Waals surface area contributed by atoms with E-state index in [9.17, 15) is 50.4 Å². The highest BCUT2D eigenvalue weighted by Crippen LogP contribution is 2.12. The number of hydrogen-bond donors (Lipinski definition) is 8. The first-order valence-corrected chi connectivity index (χ1v) is 11.6. The van der Waals surface area contributed by atoms with Crippen molar-refractivity contribution in [3.05, 3.63) is 23.8 Å². The van der Waals surface area contributed by atoms with E-state index < -0.39 is 88.3 Å². The monoisotopic (exact) mass is 518 g/mol. The maximum atomic E-state index is 13.0. The summed E-state index contributed by atoms with van der Waals surface area (Å²) in [6.07, 6.45) is 2.12. The summed E-state index contributed by atoms with van der Waals surface area (Å²) in [7, 11) is 0. The standard InChI is InChI=1S/C22H38N4O10/c27-7-15(8-28)3-25(4-16(9-29)10-30)21(35)19-1-23-20(2-24-19)22(36)26(5-17(11-31)12-32)6-18(13-33)14-34/h1-2,15-18,27-34H,3-14H2. The third-order valence-electron chi connectivity index (χ3n) is 5.64. The van der Waals surface area contributed by atoms with Crippen LogP contribution in [0.1, 0.15) is 21.0 Å². The molecule has 0 aromatic carbocycles. The molecule has 206 valence electrons. The van der Waals surface area contributed by atoms with Crippen LogP contribution < -0.4 is 0 Å². The largest absolute Gasteiger partial charge is 0.396 e. The molecule has 36 heavy (non-hydrogen) atoms. The van der Waals surface area contributed by atoms with Gasteiger partial charge in [0, 0.05) is 103 Å². The zero-order chi connectivity index (χ0) is 27.1. The highest BCUT2D eigenvalue weighted by molar-refractivity contribution is 5.94. The van der Waals surface area contributed by atoms with Crippen molar-refractivity contribution in [1.82, 2.24) is 19.8 Å². The van der Waals surface area contributed by atoms with Crippen LogP contribution in [-0.4, -0.2) is 151 Å². The van der Waals surface area contributed by atoms with Crippen LogP contribution in [0.3, 0.4) is 0 Å². The first-order valence-electron chi connectivity index (χ1n) is 11.6. The van der Waals surface area contributed by atoms with Gasteiger partial charge >= 0.3 is 0 Å². The molecular weight excluding hydrogens is 480 g/mol. The van der Waals surface area contributed by atoms with Crippen LogP contribution in [0.5, 0.6) is 0 Å². The van der Waals surface area contributed by atoms with Crippen LogP contribution >= 0.6 is 0 Å². The Morgan fingerprint density at radius 1 is 0.528 bits per heavy atom. The molecule has 0 aliphatic carbocycles. The number of rotatable bonds is 18. The first-order chi connectivity index (χ1) is 17.3. The molecule has 14 heteroatoms. The van der Waals surface area contributed by atoms with Gasteiger partial charge in [-0.25, -0.2) is 9.97 Å². The minimum absolute atomic E-state index is 0.0775. The summed E-state index contributed by atoms with van der Waals surface area (Å²) >= 11 is 0. The molecule has 0 fully saturated rings. The maximum absolute atomic E-state index is 13.0. The SMILES string of the molecule is O=C(c1cnc(C(=O)N(CC(CO)CO)CC(CO)CO)cn1)N(CC(CO)CO)CC(CO)CO. The van der Waals surface area contributed by atoms with Crippen LogP contribution in [0.4, 0.5) is 0 Å². The summed E-state index contributed by atoms with van der Waals surface area (Å²) < 4.78 is 0. The molecule has 2 amide bonds. The lowest BCUT2D eigenvalue weighted by atomic mass is 10.1. The summed E-state index contributed by atoms with van der Waals surface area (Å²) in [5.41, 5.74) is -0.316. The molecule has 0 unspecified atom stereocenters. The van der Waals surface area contributed by atoms with Crippen LogP contribution in [0.25, 0.3) is 0 Å². The highest BCUT2D eigenvalue weighted by atomic mass is 16.3. The van der Waals surface area contributed by atoms with Gasteiger partial charge in [0.25, 0.3) is 11.8 Å². The van der Waals surface area contributed by atoms with Gasteiger partial charge in [-0.05, 0) is 0 Å². The molecule has 0 aliphatic rings. The molecular formula is C22H38N4O10. The fraction of sp³-hybridized carbons (Fsp3) is 0.727. The van der Waals surface area contributed by atoms with Gasteiger partial charge in [0.1, 0.15) is 11.4 Å². The predicted octanol–water partition coefficient (Wildman–Crippen LogP) is -4.24. The Morgan fingerprint density at radius 2 is 0.750 bits per heavy atom. The quantitative estimate of drug-likeness (QED) is 0.0924. The molecule has 0 bridgehead atoms. The zero-order valence-corrected chi connectivity index (χ0v) is 20.1. The van der Waals surface area contributed by atoms with Crippen molar-refractivity contribution >= 4 is 11.8 Å². The Kier molecular flexibility index (Phi) is 15.2. The summed E-state index contributed by atoms with van der Waals surface area (Å²) in [6.45, 7) is -3.50. The third-order valence-corrected chi connectivity index (χ3v) is 5.64. The normalized spacial score (nSPS) is 11.7. The zero-order valence-electron chi connectivity index (χ0n) is 20.1. The van der Waals surface area contributed by atoms with E-state index in [-0.39, 0.29) is 37.6 Å². The Balaban J connectivity index is 3.14. The van der Waals surface area contributed by atoms with Crippen molar-refractivity contribution in [3.63, 3.8) is 0 Å². The van der Waals surface area contributed by atoms with Crippen molar-refractivity contribution in [2.75, 3.05) is 79.0 Å². The average molecular weight is 519 g/mol. The molecule has 1 heterocycles. The minimum Gasteiger partial charge on any atom is -0.396 e. The van der Waals surface area contributed by atoms with Gasteiger partial charge in [-0.3, -0.25) is 9.59 Å². The second-order valence-electron chi connectivity index (χ2n) is 8.63. The number of amides is 2. The minimum atomic E-state index is -0.661. The summed E-state index contributed by atoms with van der Waals surface area (Å²) in [4.78, 5) is 36.5. The molecule has 8 N–H and O–H groups in total. The third kappa shape index (κ3) is 9.63. The van der Waals surface area contributed by atoms with E-state index in [4.69, 9.17) is 0 Å². The molecule has 0 spiro atoms. The van der Waals surface area contributed by atoms with Crippen molar-refractivity contribution in [2.45, 2.75) is 0 Å². The fourth-order valence-electron chi connectivity index (χ4n) is 3.29. The molecule has 0 aliphatic heterocycles. The first kappa shape index (κ1) is 31.7. The van der Waals surface area contributed by atoms with E-state index in [1.54, 1.807) is 0 Å². The van der Waals surface area contributed by atoms with Crippen LogP contribution in [-0.2, 0) is 0 Å². The Morgan fingerprint density at radius 3 is 0.917 bits per heavy atom. The van der Waals surface area contributed by atoms with Gasteiger partial charge in [0.2, 0.25) is 0 Å². The fourth-order valence-corrected chi connectivity index (χ4v) is 3.29. The Labute approximate surface area is 209 Å². The summed E-state index contributed by atoms with van der Waals surface area (Å²) in [5.74, 6) is -3.95. The van der Waals surface area contributed by atoms with Crippen LogP contribution in [0.2, 0.25) is 0 Å². The number of hydrogen-bond acceptors (Lipinski definition) is 12. The van der Waals surface area contributed by atoms with E-state index in [1.807, 2.05) is 0 Å². The lowest BCUT2D eigenvalue weighted by molar-refractivity contribution is 0.0494. The molecule has 0 atom stereocenters. The predicted molar refractivity (Wildman–Crippen MR) is 124 cm³/mol. The van der Waals surface area contributed by atoms with E-state index in [2.05, 4.69) is 9.97 Å². The smallest absolute Gasteiger partial charge is 0.274 e. The summed E-state index contributed by atoms with van der Waals surface area (Å²) in [5, 5.41) is 75.1. The average Bonchev–Trinajstić information content (AvgIpc) is 2.93. The van der Waals surface area contributed by atoms with Crippen molar-refractivity contribution < 1.29 is 50.4 Å². The van der Waals surface area contributed by atoms with E-state index in [0.29, 0.717) is 0 Å². The van der Waals surface area contributed by atoms with Gasteiger partial charge in [0.15, 0.2) is 0 Å². The Hall–Kier alpha value is -2.30. The number of aliphatic hydroxyl groups is 8. The lowest BCUT2D eigenvalue weighted by Crippen LogP contribution is -2.43. The second kappa shape index (κ2) is 17.2. The van der Waals surface area contributed by atoms with Gasteiger partial charge in [0.05, 0.1) is 12.4 Å². The van der Waals surface area contributed by atoms with Gasteiger partial charge < -0.3 is 50.7 Å². The lowest BCUT2D eigenvalue weighted by Gasteiger charge is -2.29. The van der Waals surface area contributed by atoms with Crippen LogP contribution in [0.15, 0.2) is 12.4 Å². The topological polar surface area (TPSA) is 228 Å². The Bertz CT molecular complexity index is 663. The summed E-state index contributed by atoms with van der Waals surface area (Å²) in [6, 6.07) is 0. The van der Waals surface area contributed by atoms with E-state index >= 15 is 0 Å². The number of aliphatic hydroxyl groups excluding tert-OH is 8. The number of nitrogens with zero attached hydrogens (tertiary/aromatic N) is 4. The molecule has 0 saturated heterocycles. The molecule has 1 aromatic heterocycles. The number of aromatic nitrogens is 2. The van der Waals surface area contributed by atoms with Gasteiger partial charge in [-0.2, -0.15) is 0 Å². The van der Waals surface area contributed by atoms with Crippen LogP contribution in [0, 0.1) is 23.7 Å². The van der Waals surface area contributed by atoms with Gasteiger partial charge in [-0.15, -0.1) is 0 Å². The molecule has 14 nitrogen and oxygen atoms in total. The van der Waals surface area contributed by atoms with E-state index in [0.717, 1.165) is 12.4 Å². The van der Waals surface area contributed by atoms with Crippen molar-refractivity contribution in [2.24, 2.45) is 23.7 Å². The molecule has 0 radical (unpaired) electrons. The second-order valence-corrected chi connectivity index (χ2v) is 8.63. The molecule has 1 rings (SSSR count). The van der Waals surface area contributed by atoms with Gasteiger partial charge in [-0.1, -0.05) is 0 Å².